The smallest absolute Gasteiger partial charge is 0.253 e. The van der Waals surface area contributed by atoms with Gasteiger partial charge in [0.25, 0.3) is 5.91 Å². The van der Waals surface area contributed by atoms with Gasteiger partial charge in [-0.15, -0.1) is 0 Å². The van der Waals surface area contributed by atoms with Crippen molar-refractivity contribution in [3.63, 3.8) is 0 Å². The second-order valence-corrected chi connectivity index (χ2v) is 7.53. The number of benzene rings is 2. The molecule has 1 aliphatic heterocycles. The number of aryl methyl sites for hydroxylation is 1. The Morgan fingerprint density at radius 1 is 1.07 bits per heavy atom. The molecule has 0 unspecified atom stereocenters. The first kappa shape index (κ1) is 19.8. The van der Waals surface area contributed by atoms with Gasteiger partial charge in [0.05, 0.1) is 16.5 Å². The van der Waals surface area contributed by atoms with Crippen LogP contribution in [-0.2, 0) is 0 Å². The van der Waals surface area contributed by atoms with Gasteiger partial charge in [-0.3, -0.25) is 14.4 Å². The fourth-order valence-electron chi connectivity index (χ4n) is 3.80. The number of hydrogen-bond acceptors (Lipinski definition) is 6. The molecule has 2 heterocycles. The molecule has 0 bridgehead atoms. The zero-order valence-corrected chi connectivity index (χ0v) is 16.8. The Kier molecular flexibility index (Phi) is 5.13. The molecule has 0 radical (unpaired) electrons. The number of phenols is 1. The standard InChI is InChI=1S/C23H22N2O5/c1-14-20(21(28)17-7-8-19(27)18(13-26)22(17)30-14)15-3-5-16(6-4-15)23(29)25-11-9-24(2)10-12-25/h3-8,13,27H,9-12H2,1-2H3. The molecule has 0 spiro atoms. The molecule has 30 heavy (non-hydrogen) atoms. The molecule has 7 heteroatoms. The van der Waals surface area contributed by atoms with E-state index >= 15 is 0 Å². The summed E-state index contributed by atoms with van der Waals surface area (Å²) in [7, 11) is 2.04. The van der Waals surface area contributed by atoms with Crippen LogP contribution in [0.25, 0.3) is 22.1 Å². The molecule has 0 atom stereocenters. The van der Waals surface area contributed by atoms with Crippen LogP contribution in [0.15, 0.2) is 45.6 Å². The van der Waals surface area contributed by atoms with Crippen molar-refractivity contribution >= 4 is 23.2 Å². The topological polar surface area (TPSA) is 91.1 Å². The molecule has 0 saturated carbocycles. The summed E-state index contributed by atoms with van der Waals surface area (Å²) < 4.78 is 5.74. The van der Waals surface area contributed by atoms with Crippen molar-refractivity contribution in [1.29, 1.82) is 0 Å². The molecule has 1 N–H and O–H groups in total. The van der Waals surface area contributed by atoms with Gasteiger partial charge in [0, 0.05) is 31.7 Å². The third kappa shape index (κ3) is 3.37. The minimum absolute atomic E-state index is 0.0250. The molecule has 154 valence electrons. The number of hydrogen-bond donors (Lipinski definition) is 1. The molecule has 4 rings (SSSR count). The first-order chi connectivity index (χ1) is 14.4. The van der Waals surface area contributed by atoms with Crippen LogP contribution < -0.4 is 5.43 Å². The molecule has 0 aliphatic carbocycles. The van der Waals surface area contributed by atoms with E-state index in [9.17, 15) is 19.5 Å². The Morgan fingerprint density at radius 2 is 1.73 bits per heavy atom. The number of carbonyl (C=O) groups excluding carboxylic acids is 2. The van der Waals surface area contributed by atoms with E-state index in [0.29, 0.717) is 41.8 Å². The van der Waals surface area contributed by atoms with Crippen molar-refractivity contribution in [3.05, 3.63) is 63.5 Å². The quantitative estimate of drug-likeness (QED) is 0.673. The van der Waals surface area contributed by atoms with Crippen LogP contribution in [0.2, 0.25) is 0 Å². The Hall–Kier alpha value is -3.45. The van der Waals surface area contributed by atoms with Gasteiger partial charge in [-0.25, -0.2) is 0 Å². The van der Waals surface area contributed by atoms with Crippen LogP contribution in [0, 0.1) is 6.92 Å². The second kappa shape index (κ2) is 7.76. The van der Waals surface area contributed by atoms with Gasteiger partial charge in [0.15, 0.2) is 11.9 Å². The Morgan fingerprint density at radius 3 is 2.37 bits per heavy atom. The first-order valence-electron chi connectivity index (χ1n) is 9.73. The summed E-state index contributed by atoms with van der Waals surface area (Å²) in [5.41, 5.74) is 1.28. The van der Waals surface area contributed by atoms with E-state index in [1.54, 1.807) is 31.2 Å². The van der Waals surface area contributed by atoms with Crippen LogP contribution in [0.5, 0.6) is 5.75 Å². The maximum atomic E-state index is 13.1. The maximum absolute atomic E-state index is 13.1. The van der Waals surface area contributed by atoms with Crippen LogP contribution in [0.4, 0.5) is 0 Å². The van der Waals surface area contributed by atoms with E-state index in [4.69, 9.17) is 4.42 Å². The Labute approximate surface area is 173 Å². The van der Waals surface area contributed by atoms with E-state index in [-0.39, 0.29) is 33.6 Å². The van der Waals surface area contributed by atoms with Gasteiger partial charge in [-0.05, 0) is 43.8 Å². The zero-order chi connectivity index (χ0) is 21.4. The molecule has 1 fully saturated rings. The predicted octanol–water partition coefficient (Wildman–Crippen LogP) is 2.67. The van der Waals surface area contributed by atoms with Crippen molar-refractivity contribution in [2.45, 2.75) is 6.92 Å². The number of fused-ring (bicyclic) bond motifs is 1. The molecule has 1 saturated heterocycles. The second-order valence-electron chi connectivity index (χ2n) is 7.53. The van der Waals surface area contributed by atoms with E-state index < -0.39 is 0 Å². The highest BCUT2D eigenvalue weighted by Crippen LogP contribution is 2.29. The number of carbonyl (C=O) groups is 2. The van der Waals surface area contributed by atoms with Crippen molar-refractivity contribution in [2.75, 3.05) is 33.2 Å². The van der Waals surface area contributed by atoms with Crippen molar-refractivity contribution in [1.82, 2.24) is 9.80 Å². The summed E-state index contributed by atoms with van der Waals surface area (Å²) in [5, 5.41) is 10.1. The predicted molar refractivity (Wildman–Crippen MR) is 113 cm³/mol. The van der Waals surface area contributed by atoms with E-state index in [1.807, 2.05) is 11.9 Å². The fraction of sp³-hybridized carbons (Fsp3) is 0.261. The van der Waals surface area contributed by atoms with Crippen LogP contribution in [-0.4, -0.2) is 60.3 Å². The number of phenolic OH excluding ortho intramolecular Hbond substituents is 1. The summed E-state index contributed by atoms with van der Waals surface area (Å²) in [6.45, 7) is 4.71. The normalized spacial score (nSPS) is 14.8. The lowest BCUT2D eigenvalue weighted by atomic mass is 10.00. The number of amides is 1. The zero-order valence-electron chi connectivity index (χ0n) is 16.8. The van der Waals surface area contributed by atoms with Gasteiger partial charge < -0.3 is 19.3 Å². The highest BCUT2D eigenvalue weighted by atomic mass is 16.3. The number of piperazine rings is 1. The van der Waals surface area contributed by atoms with E-state index in [0.717, 1.165) is 13.1 Å². The van der Waals surface area contributed by atoms with Crippen molar-refractivity contribution < 1.29 is 19.1 Å². The average Bonchev–Trinajstić information content (AvgIpc) is 2.74. The lowest BCUT2D eigenvalue weighted by Gasteiger charge is -2.32. The van der Waals surface area contributed by atoms with Crippen LogP contribution in [0.1, 0.15) is 26.5 Å². The van der Waals surface area contributed by atoms with Crippen LogP contribution >= 0.6 is 0 Å². The molecular formula is C23H22N2O5. The number of aldehydes is 1. The van der Waals surface area contributed by atoms with Crippen molar-refractivity contribution in [2.24, 2.45) is 0 Å². The highest BCUT2D eigenvalue weighted by molar-refractivity contribution is 5.99. The largest absolute Gasteiger partial charge is 0.507 e. The van der Waals surface area contributed by atoms with Gasteiger partial charge in [0.1, 0.15) is 11.5 Å². The third-order valence-corrected chi connectivity index (χ3v) is 5.58. The minimum atomic E-state index is -0.296. The summed E-state index contributed by atoms with van der Waals surface area (Å²) in [5.74, 6) is 0.0712. The number of nitrogens with zero attached hydrogens (tertiary/aromatic N) is 2. The summed E-state index contributed by atoms with van der Waals surface area (Å²) in [6.07, 6.45) is 0.471. The van der Waals surface area contributed by atoms with E-state index in [2.05, 4.69) is 4.90 Å². The third-order valence-electron chi connectivity index (χ3n) is 5.58. The highest BCUT2D eigenvalue weighted by Gasteiger charge is 2.21. The van der Waals surface area contributed by atoms with E-state index in [1.165, 1.54) is 12.1 Å². The Bertz CT molecular complexity index is 1190. The minimum Gasteiger partial charge on any atom is -0.507 e. The number of rotatable bonds is 3. The lowest BCUT2D eigenvalue weighted by molar-refractivity contribution is 0.0664. The molecule has 1 aliphatic rings. The van der Waals surface area contributed by atoms with Gasteiger partial charge in [0.2, 0.25) is 5.43 Å². The average molecular weight is 406 g/mol. The lowest BCUT2D eigenvalue weighted by Crippen LogP contribution is -2.47. The molecule has 1 aromatic heterocycles. The molecular weight excluding hydrogens is 384 g/mol. The SMILES string of the molecule is Cc1oc2c(C=O)c(O)ccc2c(=O)c1-c1ccc(C(=O)N2CCN(C)CC2)cc1. The maximum Gasteiger partial charge on any atom is 0.253 e. The molecule has 1 amide bonds. The van der Waals surface area contributed by atoms with Gasteiger partial charge >= 0.3 is 0 Å². The van der Waals surface area contributed by atoms with Crippen LogP contribution in [0.3, 0.4) is 0 Å². The summed E-state index contributed by atoms with van der Waals surface area (Å²) in [6, 6.07) is 9.64. The fourth-order valence-corrected chi connectivity index (χ4v) is 3.80. The first-order valence-corrected chi connectivity index (χ1v) is 9.73. The number of aromatic hydroxyl groups is 1. The van der Waals surface area contributed by atoms with Gasteiger partial charge in [-0.2, -0.15) is 0 Å². The Balaban J connectivity index is 1.71. The molecule has 3 aromatic rings. The van der Waals surface area contributed by atoms with Gasteiger partial charge in [-0.1, -0.05) is 12.1 Å². The monoisotopic (exact) mass is 406 g/mol. The molecule has 2 aromatic carbocycles. The van der Waals surface area contributed by atoms with Crippen molar-refractivity contribution in [3.8, 4) is 16.9 Å². The summed E-state index contributed by atoms with van der Waals surface area (Å²) in [4.78, 5) is 41.1. The number of likely N-dealkylation sites (N-methyl/N-ethyl adjacent to an activating group) is 1. The molecule has 7 nitrogen and oxygen atoms in total. The summed E-state index contributed by atoms with van der Waals surface area (Å²) >= 11 is 0.